The Hall–Kier alpha value is -0.130. The molecule has 5 heteroatoms. The standard InChI is InChI=1S/C14H29NO3S/c1-5-15-12-6-8-14(16,9-7-12)10-11-19(17,18)13(2,3)4/h12,15-16H,5-11H2,1-4H3. The van der Waals surface area contributed by atoms with Crippen LogP contribution in [0.1, 0.15) is 59.8 Å². The lowest BCUT2D eigenvalue weighted by atomic mass is 9.80. The van der Waals surface area contributed by atoms with Crippen molar-refractivity contribution in [3.63, 3.8) is 0 Å². The van der Waals surface area contributed by atoms with E-state index in [4.69, 9.17) is 0 Å². The molecule has 4 nitrogen and oxygen atoms in total. The van der Waals surface area contributed by atoms with E-state index in [0.29, 0.717) is 25.3 Å². The van der Waals surface area contributed by atoms with Gasteiger partial charge in [-0.3, -0.25) is 0 Å². The largest absolute Gasteiger partial charge is 0.390 e. The molecule has 1 saturated carbocycles. The van der Waals surface area contributed by atoms with Crippen molar-refractivity contribution in [3.05, 3.63) is 0 Å². The van der Waals surface area contributed by atoms with Crippen LogP contribution in [0.5, 0.6) is 0 Å². The molecule has 0 heterocycles. The summed E-state index contributed by atoms with van der Waals surface area (Å²) >= 11 is 0. The second-order valence-corrected chi connectivity index (χ2v) is 9.60. The Balaban J connectivity index is 2.50. The molecule has 0 aromatic heterocycles. The van der Waals surface area contributed by atoms with Crippen LogP contribution >= 0.6 is 0 Å². The molecule has 0 spiro atoms. The van der Waals surface area contributed by atoms with Gasteiger partial charge in [-0.15, -0.1) is 0 Å². The average Bonchev–Trinajstić information content (AvgIpc) is 2.29. The van der Waals surface area contributed by atoms with E-state index in [1.807, 2.05) is 0 Å². The van der Waals surface area contributed by atoms with Gasteiger partial charge in [0.25, 0.3) is 0 Å². The maximum atomic E-state index is 12.1. The Morgan fingerprint density at radius 1 is 1.26 bits per heavy atom. The molecule has 2 N–H and O–H groups in total. The van der Waals surface area contributed by atoms with Crippen LogP contribution in [0.25, 0.3) is 0 Å². The zero-order valence-electron chi connectivity index (χ0n) is 12.7. The van der Waals surface area contributed by atoms with Crippen LogP contribution < -0.4 is 5.32 Å². The smallest absolute Gasteiger partial charge is 0.155 e. The Labute approximate surface area is 117 Å². The molecule has 1 fully saturated rings. The number of hydrogen-bond acceptors (Lipinski definition) is 4. The Morgan fingerprint density at radius 3 is 2.21 bits per heavy atom. The number of nitrogens with one attached hydrogen (secondary N) is 1. The second kappa shape index (κ2) is 6.10. The molecule has 0 bridgehead atoms. The minimum atomic E-state index is -3.13. The summed E-state index contributed by atoms with van der Waals surface area (Å²) in [6.07, 6.45) is 3.62. The Bertz CT molecular complexity index is 376. The van der Waals surface area contributed by atoms with Crippen molar-refractivity contribution in [2.24, 2.45) is 0 Å². The van der Waals surface area contributed by atoms with E-state index in [1.165, 1.54) is 0 Å². The van der Waals surface area contributed by atoms with E-state index in [1.54, 1.807) is 20.8 Å². The van der Waals surface area contributed by atoms with E-state index in [2.05, 4.69) is 12.2 Å². The fourth-order valence-corrected chi connectivity index (χ4v) is 3.79. The summed E-state index contributed by atoms with van der Waals surface area (Å²) in [5.74, 6) is 0.0822. The van der Waals surface area contributed by atoms with Gasteiger partial charge in [-0.05, 0) is 59.4 Å². The van der Waals surface area contributed by atoms with E-state index >= 15 is 0 Å². The number of rotatable bonds is 5. The molecular weight excluding hydrogens is 262 g/mol. The summed E-state index contributed by atoms with van der Waals surface area (Å²) in [6, 6.07) is 0.476. The van der Waals surface area contributed by atoms with Crippen molar-refractivity contribution < 1.29 is 13.5 Å². The highest BCUT2D eigenvalue weighted by Crippen LogP contribution is 2.32. The molecule has 1 rings (SSSR count). The molecule has 19 heavy (non-hydrogen) atoms. The van der Waals surface area contributed by atoms with Crippen molar-refractivity contribution >= 4 is 9.84 Å². The molecule has 0 aliphatic heterocycles. The fraction of sp³-hybridized carbons (Fsp3) is 1.00. The molecule has 114 valence electrons. The molecule has 1 aliphatic carbocycles. The van der Waals surface area contributed by atoms with Crippen molar-refractivity contribution in [2.45, 2.75) is 76.2 Å². The minimum absolute atomic E-state index is 0.0822. The van der Waals surface area contributed by atoms with Crippen LogP contribution in [-0.4, -0.2) is 42.2 Å². The highest BCUT2D eigenvalue weighted by molar-refractivity contribution is 7.92. The van der Waals surface area contributed by atoms with Gasteiger partial charge >= 0.3 is 0 Å². The van der Waals surface area contributed by atoms with Gasteiger partial charge in [0.15, 0.2) is 9.84 Å². The zero-order chi connectivity index (χ0) is 14.7. The first-order valence-corrected chi connectivity index (χ1v) is 8.93. The first-order chi connectivity index (χ1) is 8.60. The first-order valence-electron chi connectivity index (χ1n) is 7.28. The number of sulfone groups is 1. The fourth-order valence-electron chi connectivity index (χ4n) is 2.53. The third-order valence-electron chi connectivity index (χ3n) is 4.18. The predicted molar refractivity (Wildman–Crippen MR) is 79.0 cm³/mol. The Morgan fingerprint density at radius 2 is 1.79 bits per heavy atom. The van der Waals surface area contributed by atoms with Crippen molar-refractivity contribution in [1.29, 1.82) is 0 Å². The molecule has 0 radical (unpaired) electrons. The normalized spacial score (nSPS) is 29.4. The summed E-state index contributed by atoms with van der Waals surface area (Å²) in [4.78, 5) is 0. The molecular formula is C14H29NO3S. The first kappa shape index (κ1) is 16.9. The highest BCUT2D eigenvalue weighted by atomic mass is 32.2. The Kier molecular flexibility index (Phi) is 5.43. The van der Waals surface area contributed by atoms with E-state index in [9.17, 15) is 13.5 Å². The van der Waals surface area contributed by atoms with Gasteiger partial charge in [0.05, 0.1) is 16.1 Å². The third-order valence-corrected chi connectivity index (χ3v) is 6.79. The molecule has 0 amide bonds. The quantitative estimate of drug-likeness (QED) is 0.811. The molecule has 0 atom stereocenters. The molecule has 0 aromatic carbocycles. The average molecular weight is 291 g/mol. The molecule has 1 aliphatic rings. The topological polar surface area (TPSA) is 66.4 Å². The SMILES string of the molecule is CCNC1CCC(O)(CCS(=O)(=O)C(C)(C)C)CC1. The summed E-state index contributed by atoms with van der Waals surface area (Å²) < 4.78 is 23.4. The van der Waals surface area contributed by atoms with Crippen LogP contribution in [0.4, 0.5) is 0 Å². The van der Waals surface area contributed by atoms with Crippen molar-refractivity contribution in [3.8, 4) is 0 Å². The maximum Gasteiger partial charge on any atom is 0.155 e. The van der Waals surface area contributed by atoms with Crippen LogP contribution in [0, 0.1) is 0 Å². The lowest BCUT2D eigenvalue weighted by Crippen LogP contribution is -2.43. The summed E-state index contributed by atoms with van der Waals surface area (Å²) in [7, 11) is -3.13. The van der Waals surface area contributed by atoms with Crippen molar-refractivity contribution in [1.82, 2.24) is 5.32 Å². The monoisotopic (exact) mass is 291 g/mol. The second-order valence-electron chi connectivity index (χ2n) is 6.74. The van der Waals surface area contributed by atoms with Gasteiger partial charge in [0.2, 0.25) is 0 Å². The van der Waals surface area contributed by atoms with Crippen LogP contribution in [-0.2, 0) is 9.84 Å². The summed E-state index contributed by atoms with van der Waals surface area (Å²) in [5.41, 5.74) is -0.787. The highest BCUT2D eigenvalue weighted by Gasteiger charge is 2.36. The maximum absolute atomic E-state index is 12.1. The van der Waals surface area contributed by atoms with E-state index < -0.39 is 20.2 Å². The lowest BCUT2D eigenvalue weighted by molar-refractivity contribution is -0.00598. The van der Waals surface area contributed by atoms with Crippen LogP contribution in [0.15, 0.2) is 0 Å². The molecule has 0 aromatic rings. The predicted octanol–water partition coefficient (Wildman–Crippen LogP) is 1.87. The third kappa shape index (κ3) is 4.72. The molecule has 0 unspecified atom stereocenters. The van der Waals surface area contributed by atoms with Gasteiger partial charge < -0.3 is 10.4 Å². The van der Waals surface area contributed by atoms with Gasteiger partial charge in [-0.2, -0.15) is 0 Å². The van der Waals surface area contributed by atoms with Gasteiger partial charge in [-0.1, -0.05) is 6.92 Å². The van der Waals surface area contributed by atoms with Crippen LogP contribution in [0.2, 0.25) is 0 Å². The van der Waals surface area contributed by atoms with E-state index in [0.717, 1.165) is 19.4 Å². The molecule has 0 saturated heterocycles. The zero-order valence-corrected chi connectivity index (χ0v) is 13.5. The number of aliphatic hydroxyl groups is 1. The summed E-state index contributed by atoms with van der Waals surface area (Å²) in [6.45, 7) is 8.18. The van der Waals surface area contributed by atoms with Gasteiger partial charge in [0, 0.05) is 6.04 Å². The van der Waals surface area contributed by atoms with Crippen LogP contribution in [0.3, 0.4) is 0 Å². The van der Waals surface area contributed by atoms with Crippen molar-refractivity contribution in [2.75, 3.05) is 12.3 Å². The lowest BCUT2D eigenvalue weighted by Gasteiger charge is -2.36. The summed E-state index contributed by atoms with van der Waals surface area (Å²) in [5, 5.41) is 13.9. The minimum Gasteiger partial charge on any atom is -0.390 e. The number of hydrogen-bond donors (Lipinski definition) is 2. The van der Waals surface area contributed by atoms with E-state index in [-0.39, 0.29) is 5.75 Å². The van der Waals surface area contributed by atoms with Gasteiger partial charge in [0.1, 0.15) is 0 Å². The van der Waals surface area contributed by atoms with Gasteiger partial charge in [-0.25, -0.2) is 8.42 Å².